The summed E-state index contributed by atoms with van der Waals surface area (Å²) in [5.41, 5.74) is 3.42. The highest BCUT2D eigenvalue weighted by atomic mass is 35.5. The average molecular weight is 449 g/mol. The molecule has 1 fully saturated rings. The molecule has 0 saturated carbocycles. The monoisotopic (exact) mass is 448 g/mol. The molecule has 1 saturated heterocycles. The third-order valence-corrected chi connectivity index (χ3v) is 8.03. The zero-order chi connectivity index (χ0) is 22.1. The number of rotatable bonds is 5. The molecule has 1 amide bonds. The number of carbonyl (C=O) groups excluding carboxylic acids is 1. The first-order chi connectivity index (χ1) is 14.1. The molecule has 1 aliphatic rings. The van der Waals surface area contributed by atoms with Crippen LogP contribution in [0, 0.1) is 19.8 Å². The molecule has 0 radical (unpaired) electrons. The molecule has 0 spiro atoms. The number of nitrogens with zero attached hydrogens (tertiary/aromatic N) is 1. The largest absolute Gasteiger partial charge is 0.345 e. The Morgan fingerprint density at radius 2 is 1.80 bits per heavy atom. The lowest BCUT2D eigenvalue weighted by atomic mass is 10.00. The van der Waals surface area contributed by atoms with Crippen LogP contribution in [0.25, 0.3) is 0 Å². The van der Waals surface area contributed by atoms with Crippen molar-refractivity contribution in [1.82, 2.24) is 9.62 Å². The lowest BCUT2D eigenvalue weighted by Crippen LogP contribution is -2.38. The van der Waals surface area contributed by atoms with E-state index in [0.29, 0.717) is 19.0 Å². The second-order valence-corrected chi connectivity index (χ2v) is 10.6. The van der Waals surface area contributed by atoms with Gasteiger partial charge in [0.05, 0.1) is 21.5 Å². The molecule has 30 heavy (non-hydrogen) atoms. The van der Waals surface area contributed by atoms with Crippen LogP contribution < -0.4 is 5.32 Å². The number of sulfonamides is 1. The van der Waals surface area contributed by atoms with E-state index in [1.54, 1.807) is 0 Å². The van der Waals surface area contributed by atoms with Crippen LogP contribution in [0.5, 0.6) is 0 Å². The van der Waals surface area contributed by atoms with Crippen LogP contribution in [0.2, 0.25) is 5.02 Å². The molecule has 0 aromatic heterocycles. The van der Waals surface area contributed by atoms with Crippen molar-refractivity contribution in [1.29, 1.82) is 0 Å². The number of amides is 1. The van der Waals surface area contributed by atoms with E-state index in [2.05, 4.69) is 18.3 Å². The van der Waals surface area contributed by atoms with E-state index in [-0.39, 0.29) is 21.5 Å². The average Bonchev–Trinajstić information content (AvgIpc) is 2.68. The zero-order valence-electron chi connectivity index (χ0n) is 17.9. The summed E-state index contributed by atoms with van der Waals surface area (Å²) < 4.78 is 27.6. The van der Waals surface area contributed by atoms with Gasteiger partial charge in [0.15, 0.2) is 0 Å². The smallest absolute Gasteiger partial charge is 0.253 e. The van der Waals surface area contributed by atoms with Crippen molar-refractivity contribution in [2.45, 2.75) is 51.5 Å². The first kappa shape index (κ1) is 22.8. The third-order valence-electron chi connectivity index (χ3n) is 5.80. The number of halogens is 1. The molecule has 0 aliphatic carbocycles. The zero-order valence-corrected chi connectivity index (χ0v) is 19.5. The summed E-state index contributed by atoms with van der Waals surface area (Å²) in [6, 6.07) is 10.2. The topological polar surface area (TPSA) is 66.5 Å². The van der Waals surface area contributed by atoms with Gasteiger partial charge in [0.2, 0.25) is 10.0 Å². The van der Waals surface area contributed by atoms with E-state index in [1.807, 2.05) is 32.9 Å². The maximum atomic E-state index is 13.1. The predicted octanol–water partition coefficient (Wildman–Crippen LogP) is 4.87. The van der Waals surface area contributed by atoms with Crippen LogP contribution in [-0.4, -0.2) is 31.7 Å². The molecule has 7 heteroatoms. The Bertz CT molecular complexity index is 1040. The van der Waals surface area contributed by atoms with E-state index in [0.717, 1.165) is 29.5 Å². The lowest BCUT2D eigenvalue weighted by molar-refractivity contribution is 0.0939. The molecule has 162 valence electrons. The van der Waals surface area contributed by atoms with Gasteiger partial charge in [0.25, 0.3) is 5.91 Å². The van der Waals surface area contributed by atoms with Crippen molar-refractivity contribution in [2.75, 3.05) is 13.1 Å². The second-order valence-electron chi connectivity index (χ2n) is 8.28. The van der Waals surface area contributed by atoms with Crippen LogP contribution in [0.3, 0.4) is 0 Å². The van der Waals surface area contributed by atoms with E-state index in [4.69, 9.17) is 11.6 Å². The van der Waals surface area contributed by atoms with Gasteiger partial charge < -0.3 is 5.32 Å². The number of hydrogen-bond acceptors (Lipinski definition) is 3. The van der Waals surface area contributed by atoms with E-state index in [1.165, 1.54) is 22.5 Å². The minimum atomic E-state index is -3.66. The number of piperidine rings is 1. The maximum absolute atomic E-state index is 13.1. The van der Waals surface area contributed by atoms with Crippen LogP contribution in [0.1, 0.15) is 59.8 Å². The van der Waals surface area contributed by atoms with Gasteiger partial charge >= 0.3 is 0 Å². The Balaban J connectivity index is 1.83. The van der Waals surface area contributed by atoms with Crippen molar-refractivity contribution in [3.05, 3.63) is 63.7 Å². The van der Waals surface area contributed by atoms with Gasteiger partial charge in [-0.2, -0.15) is 4.31 Å². The van der Waals surface area contributed by atoms with Gasteiger partial charge in [-0.05, 0) is 68.9 Å². The summed E-state index contributed by atoms with van der Waals surface area (Å²) >= 11 is 6.26. The molecule has 1 unspecified atom stereocenters. The number of benzene rings is 2. The number of carbonyl (C=O) groups is 1. The highest BCUT2D eigenvalue weighted by molar-refractivity contribution is 7.89. The van der Waals surface area contributed by atoms with Crippen molar-refractivity contribution < 1.29 is 13.2 Å². The number of nitrogens with one attached hydrogen (secondary N) is 1. The molecule has 1 atom stereocenters. The lowest BCUT2D eigenvalue weighted by Gasteiger charge is -2.29. The van der Waals surface area contributed by atoms with Gasteiger partial charge in [-0.15, -0.1) is 0 Å². The Morgan fingerprint density at radius 3 is 2.43 bits per heavy atom. The summed E-state index contributed by atoms with van der Waals surface area (Å²) in [5, 5.41) is 3.17. The first-order valence-electron chi connectivity index (χ1n) is 10.3. The SMILES string of the molecule is Cc1ccc(C(C)NC(=O)c2cc(S(=O)(=O)N3CCC(C)CC3)ccc2Cl)c(C)c1. The predicted molar refractivity (Wildman–Crippen MR) is 120 cm³/mol. The molecule has 2 aromatic rings. The van der Waals surface area contributed by atoms with Crippen molar-refractivity contribution in [3.8, 4) is 0 Å². The normalized spacial score (nSPS) is 17.0. The molecule has 1 heterocycles. The fourth-order valence-electron chi connectivity index (χ4n) is 3.88. The summed E-state index contributed by atoms with van der Waals surface area (Å²) in [7, 11) is -3.66. The fourth-order valence-corrected chi connectivity index (χ4v) is 5.58. The van der Waals surface area contributed by atoms with Gasteiger partial charge in [-0.1, -0.05) is 42.3 Å². The minimum Gasteiger partial charge on any atom is -0.345 e. The van der Waals surface area contributed by atoms with Crippen molar-refractivity contribution in [2.24, 2.45) is 5.92 Å². The summed E-state index contributed by atoms with van der Waals surface area (Å²) in [4.78, 5) is 13.0. The van der Waals surface area contributed by atoms with E-state index in [9.17, 15) is 13.2 Å². The summed E-state index contributed by atoms with van der Waals surface area (Å²) in [6.45, 7) is 9.05. The van der Waals surface area contributed by atoms with E-state index >= 15 is 0 Å². The molecule has 5 nitrogen and oxygen atoms in total. The van der Waals surface area contributed by atoms with Crippen LogP contribution in [0.15, 0.2) is 41.3 Å². The van der Waals surface area contributed by atoms with Gasteiger partial charge in [-0.25, -0.2) is 8.42 Å². The molecule has 0 bridgehead atoms. The summed E-state index contributed by atoms with van der Waals surface area (Å²) in [6.07, 6.45) is 1.68. The Morgan fingerprint density at radius 1 is 1.13 bits per heavy atom. The van der Waals surface area contributed by atoms with Crippen molar-refractivity contribution >= 4 is 27.5 Å². The molecule has 2 aromatic carbocycles. The van der Waals surface area contributed by atoms with Crippen LogP contribution in [0.4, 0.5) is 0 Å². The van der Waals surface area contributed by atoms with E-state index < -0.39 is 15.9 Å². The van der Waals surface area contributed by atoms with Crippen molar-refractivity contribution in [3.63, 3.8) is 0 Å². The third kappa shape index (κ3) is 4.88. The quantitative estimate of drug-likeness (QED) is 0.709. The Labute approximate surface area is 184 Å². The molecule has 3 rings (SSSR count). The van der Waals surface area contributed by atoms with Gasteiger partial charge in [0, 0.05) is 13.1 Å². The molecule has 1 N–H and O–H groups in total. The highest BCUT2D eigenvalue weighted by Gasteiger charge is 2.29. The van der Waals surface area contributed by atoms with Gasteiger partial charge in [-0.3, -0.25) is 4.79 Å². The highest BCUT2D eigenvalue weighted by Crippen LogP contribution is 2.27. The standard InChI is InChI=1S/C23H29ClN2O3S/c1-15-9-11-26(12-10-15)30(28,29)19-6-8-22(24)21(14-19)23(27)25-18(4)20-7-5-16(2)13-17(20)3/h5-8,13-15,18H,9-12H2,1-4H3,(H,25,27). The Kier molecular flexibility index (Phi) is 6.90. The van der Waals surface area contributed by atoms with Crippen LogP contribution in [-0.2, 0) is 10.0 Å². The summed E-state index contributed by atoms with van der Waals surface area (Å²) in [5.74, 6) is 0.131. The van der Waals surface area contributed by atoms with Crippen LogP contribution >= 0.6 is 11.6 Å². The second kappa shape index (κ2) is 9.08. The minimum absolute atomic E-state index is 0.103. The fraction of sp³-hybridized carbons (Fsp3) is 0.435. The first-order valence-corrected chi connectivity index (χ1v) is 12.1. The number of aryl methyl sites for hydroxylation is 2. The maximum Gasteiger partial charge on any atom is 0.253 e. The molecule has 1 aliphatic heterocycles. The Hall–Kier alpha value is -1.89. The number of hydrogen-bond donors (Lipinski definition) is 1. The molecular formula is C23H29ClN2O3S. The van der Waals surface area contributed by atoms with Gasteiger partial charge in [0.1, 0.15) is 0 Å². The molecular weight excluding hydrogens is 420 g/mol.